The lowest BCUT2D eigenvalue weighted by Gasteiger charge is -2.22. The van der Waals surface area contributed by atoms with Crippen LogP contribution in [0.15, 0.2) is 12.4 Å². The van der Waals surface area contributed by atoms with Crippen LogP contribution in [0, 0.1) is 5.92 Å². The zero-order valence-electron chi connectivity index (χ0n) is 9.41. The highest BCUT2D eigenvalue weighted by Gasteiger charge is 2.25. The number of aliphatic hydroxyl groups is 1. The lowest BCUT2D eigenvalue weighted by Crippen LogP contribution is -2.29. The molecule has 0 spiro atoms. The minimum Gasteiger partial charge on any atom is -0.476 e. The summed E-state index contributed by atoms with van der Waals surface area (Å²) in [4.78, 5) is 20.5. The summed E-state index contributed by atoms with van der Waals surface area (Å²) >= 11 is 0. The van der Waals surface area contributed by atoms with Crippen LogP contribution in [-0.4, -0.2) is 45.8 Å². The van der Waals surface area contributed by atoms with Gasteiger partial charge in [0, 0.05) is 13.1 Å². The summed E-state index contributed by atoms with van der Waals surface area (Å²) in [7, 11) is 0. The second-order valence-corrected chi connectivity index (χ2v) is 4.18. The Hall–Kier alpha value is -1.69. The van der Waals surface area contributed by atoms with E-state index in [2.05, 4.69) is 9.97 Å². The Balaban J connectivity index is 2.08. The van der Waals surface area contributed by atoms with Gasteiger partial charge in [-0.05, 0) is 18.8 Å². The molecule has 2 rings (SSSR count). The van der Waals surface area contributed by atoms with E-state index in [1.165, 1.54) is 25.2 Å². The summed E-state index contributed by atoms with van der Waals surface area (Å²) in [6.07, 6.45) is 5.11. The Morgan fingerprint density at radius 1 is 1.41 bits per heavy atom. The lowest BCUT2D eigenvalue weighted by molar-refractivity contribution is 0.0690. The molecule has 1 fully saturated rings. The van der Waals surface area contributed by atoms with Crippen molar-refractivity contribution < 1.29 is 15.0 Å². The Bertz CT molecular complexity index is 389. The maximum Gasteiger partial charge on any atom is 0.356 e. The number of rotatable bonds is 6. The molecule has 1 aromatic rings. The van der Waals surface area contributed by atoms with Gasteiger partial charge in [0.1, 0.15) is 5.82 Å². The van der Waals surface area contributed by atoms with Crippen LogP contribution in [0.3, 0.4) is 0 Å². The highest BCUT2D eigenvalue weighted by molar-refractivity contribution is 5.84. The van der Waals surface area contributed by atoms with Crippen LogP contribution in [0.5, 0.6) is 0 Å². The smallest absolute Gasteiger partial charge is 0.356 e. The molecule has 92 valence electrons. The number of hydrogen-bond donors (Lipinski definition) is 2. The van der Waals surface area contributed by atoms with Gasteiger partial charge < -0.3 is 15.1 Å². The molecule has 0 bridgehead atoms. The molecule has 0 radical (unpaired) electrons. The highest BCUT2D eigenvalue weighted by atomic mass is 16.4. The van der Waals surface area contributed by atoms with Crippen molar-refractivity contribution in [1.29, 1.82) is 0 Å². The molecule has 2 N–H and O–H groups in total. The fraction of sp³-hybridized carbons (Fsp3) is 0.545. The van der Waals surface area contributed by atoms with Gasteiger partial charge in [0.25, 0.3) is 0 Å². The van der Waals surface area contributed by atoms with Gasteiger partial charge in [-0.25, -0.2) is 14.8 Å². The zero-order valence-corrected chi connectivity index (χ0v) is 9.41. The van der Waals surface area contributed by atoms with Crippen molar-refractivity contribution in [2.24, 2.45) is 5.92 Å². The van der Waals surface area contributed by atoms with Gasteiger partial charge in [0.15, 0.2) is 5.69 Å². The second-order valence-electron chi connectivity index (χ2n) is 4.18. The van der Waals surface area contributed by atoms with E-state index in [4.69, 9.17) is 10.2 Å². The largest absolute Gasteiger partial charge is 0.476 e. The quantitative estimate of drug-likeness (QED) is 0.744. The minimum atomic E-state index is -1.08. The molecule has 1 aliphatic rings. The van der Waals surface area contributed by atoms with Gasteiger partial charge in [-0.1, -0.05) is 0 Å². The van der Waals surface area contributed by atoms with Crippen LogP contribution >= 0.6 is 0 Å². The Morgan fingerprint density at radius 3 is 2.65 bits per heavy atom. The SMILES string of the molecule is O=C(O)c1cnc(N(CCO)CC2CC2)cn1. The van der Waals surface area contributed by atoms with E-state index < -0.39 is 5.97 Å². The third-order valence-corrected chi connectivity index (χ3v) is 2.73. The molecule has 6 heteroatoms. The van der Waals surface area contributed by atoms with Gasteiger partial charge >= 0.3 is 5.97 Å². The molecule has 0 atom stereocenters. The van der Waals surface area contributed by atoms with E-state index in [-0.39, 0.29) is 12.3 Å². The summed E-state index contributed by atoms with van der Waals surface area (Å²) in [5.74, 6) is 0.207. The summed E-state index contributed by atoms with van der Waals surface area (Å²) in [6, 6.07) is 0. The predicted molar refractivity (Wildman–Crippen MR) is 61.0 cm³/mol. The first kappa shape index (κ1) is 11.8. The van der Waals surface area contributed by atoms with Crippen LogP contribution < -0.4 is 4.90 Å². The number of nitrogens with zero attached hydrogens (tertiary/aromatic N) is 3. The maximum absolute atomic E-state index is 10.6. The Labute approximate surface area is 98.9 Å². The van der Waals surface area contributed by atoms with E-state index in [0.717, 1.165) is 6.54 Å². The van der Waals surface area contributed by atoms with Gasteiger partial charge in [-0.15, -0.1) is 0 Å². The number of hydrogen-bond acceptors (Lipinski definition) is 5. The molecule has 0 aliphatic heterocycles. The van der Waals surface area contributed by atoms with Crippen LogP contribution in [0.4, 0.5) is 5.82 Å². The van der Waals surface area contributed by atoms with Gasteiger partial charge in [0.05, 0.1) is 19.0 Å². The molecule has 0 amide bonds. The molecule has 0 aromatic carbocycles. The zero-order chi connectivity index (χ0) is 12.3. The van der Waals surface area contributed by atoms with Crippen molar-refractivity contribution in [2.45, 2.75) is 12.8 Å². The van der Waals surface area contributed by atoms with Crippen LogP contribution in [0.25, 0.3) is 0 Å². The van der Waals surface area contributed by atoms with Gasteiger partial charge in [0.2, 0.25) is 0 Å². The number of carbonyl (C=O) groups is 1. The lowest BCUT2D eigenvalue weighted by atomic mass is 10.3. The average molecular weight is 237 g/mol. The molecule has 1 heterocycles. The molecule has 1 aromatic heterocycles. The maximum atomic E-state index is 10.6. The summed E-state index contributed by atoms with van der Waals surface area (Å²) < 4.78 is 0. The summed E-state index contributed by atoms with van der Waals surface area (Å²) in [5.41, 5.74) is -0.0656. The molecular formula is C11H15N3O3. The fourth-order valence-corrected chi connectivity index (χ4v) is 1.63. The molecule has 1 saturated carbocycles. The van der Waals surface area contributed by atoms with Gasteiger partial charge in [-0.2, -0.15) is 0 Å². The van der Waals surface area contributed by atoms with E-state index in [0.29, 0.717) is 18.3 Å². The van der Waals surface area contributed by atoms with Crippen LogP contribution in [0.1, 0.15) is 23.3 Å². The van der Waals surface area contributed by atoms with E-state index in [1.807, 2.05) is 4.90 Å². The summed E-state index contributed by atoms with van der Waals surface area (Å²) in [5, 5.41) is 17.7. The first-order chi connectivity index (χ1) is 8.20. The standard InChI is InChI=1S/C11H15N3O3/c15-4-3-14(7-8-1-2-8)10-6-12-9(5-13-10)11(16)17/h5-6,8,15H,1-4,7H2,(H,16,17). The van der Waals surface area contributed by atoms with Crippen molar-refractivity contribution in [3.05, 3.63) is 18.1 Å². The topological polar surface area (TPSA) is 86.5 Å². The Morgan fingerprint density at radius 2 is 2.18 bits per heavy atom. The third kappa shape index (κ3) is 3.13. The molecule has 0 saturated heterocycles. The number of aromatic nitrogens is 2. The van der Waals surface area contributed by atoms with E-state index in [1.54, 1.807) is 0 Å². The van der Waals surface area contributed by atoms with Crippen molar-refractivity contribution in [2.75, 3.05) is 24.6 Å². The van der Waals surface area contributed by atoms with Crippen LogP contribution in [0.2, 0.25) is 0 Å². The predicted octanol–water partition coefficient (Wildman–Crippen LogP) is 0.383. The first-order valence-electron chi connectivity index (χ1n) is 5.62. The van der Waals surface area contributed by atoms with Gasteiger partial charge in [-0.3, -0.25) is 0 Å². The number of carboxylic acids is 1. The molecule has 6 nitrogen and oxygen atoms in total. The van der Waals surface area contributed by atoms with Crippen molar-refractivity contribution in [3.63, 3.8) is 0 Å². The third-order valence-electron chi connectivity index (χ3n) is 2.73. The summed E-state index contributed by atoms with van der Waals surface area (Å²) in [6.45, 7) is 1.40. The molecular weight excluding hydrogens is 222 g/mol. The number of anilines is 1. The van der Waals surface area contributed by atoms with E-state index in [9.17, 15) is 4.79 Å². The van der Waals surface area contributed by atoms with Crippen LogP contribution in [-0.2, 0) is 0 Å². The van der Waals surface area contributed by atoms with Crippen molar-refractivity contribution >= 4 is 11.8 Å². The number of aromatic carboxylic acids is 1. The normalized spacial score (nSPS) is 14.6. The highest BCUT2D eigenvalue weighted by Crippen LogP contribution is 2.30. The minimum absolute atomic E-state index is 0.0507. The Kier molecular flexibility index (Phi) is 3.53. The van der Waals surface area contributed by atoms with Crippen molar-refractivity contribution in [3.8, 4) is 0 Å². The average Bonchev–Trinajstić information content (AvgIpc) is 3.13. The molecule has 1 aliphatic carbocycles. The fourth-order valence-electron chi connectivity index (χ4n) is 1.63. The molecule has 0 unspecified atom stereocenters. The van der Waals surface area contributed by atoms with Crippen molar-refractivity contribution in [1.82, 2.24) is 9.97 Å². The van der Waals surface area contributed by atoms with E-state index >= 15 is 0 Å². The number of aliphatic hydroxyl groups excluding tert-OH is 1. The molecule has 17 heavy (non-hydrogen) atoms. The monoisotopic (exact) mass is 237 g/mol. The second kappa shape index (κ2) is 5.09. The number of carboxylic acid groups (broad SMARTS) is 1. The first-order valence-corrected chi connectivity index (χ1v) is 5.62.